The van der Waals surface area contributed by atoms with E-state index in [9.17, 15) is 0 Å². The number of hydrogen-bond donors (Lipinski definition) is 2. The van der Waals surface area contributed by atoms with E-state index in [1.54, 1.807) is 0 Å². The fourth-order valence-electron chi connectivity index (χ4n) is 1.23. The lowest BCUT2D eigenvalue weighted by atomic mass is 10.3. The van der Waals surface area contributed by atoms with Gasteiger partial charge in [-0.05, 0) is 45.4 Å². The fraction of sp³-hybridized carbons (Fsp3) is 1.00. The molecule has 1 fully saturated rings. The SMILES string of the molecule is CNCCCNCCC1CC1. The van der Waals surface area contributed by atoms with Crippen molar-refractivity contribution in [2.45, 2.75) is 25.7 Å². The molecule has 66 valence electrons. The van der Waals surface area contributed by atoms with Crippen LogP contribution >= 0.6 is 0 Å². The number of nitrogens with one attached hydrogen (secondary N) is 2. The van der Waals surface area contributed by atoms with Gasteiger partial charge in [0.25, 0.3) is 0 Å². The molecule has 1 saturated carbocycles. The summed E-state index contributed by atoms with van der Waals surface area (Å²) in [4.78, 5) is 0. The third-order valence-electron chi connectivity index (χ3n) is 2.21. The molecule has 0 aromatic carbocycles. The van der Waals surface area contributed by atoms with Gasteiger partial charge in [0.15, 0.2) is 0 Å². The summed E-state index contributed by atoms with van der Waals surface area (Å²) in [5.41, 5.74) is 0. The zero-order chi connectivity index (χ0) is 7.94. The Kier molecular flexibility index (Phi) is 4.55. The third-order valence-corrected chi connectivity index (χ3v) is 2.21. The van der Waals surface area contributed by atoms with E-state index in [0.29, 0.717) is 0 Å². The van der Waals surface area contributed by atoms with Crippen molar-refractivity contribution in [2.24, 2.45) is 5.92 Å². The Morgan fingerprint density at radius 1 is 1.18 bits per heavy atom. The molecule has 0 unspecified atom stereocenters. The first-order chi connectivity index (χ1) is 5.43. The second-order valence-corrected chi connectivity index (χ2v) is 3.44. The maximum Gasteiger partial charge on any atom is -0.00368 e. The molecule has 0 atom stereocenters. The lowest BCUT2D eigenvalue weighted by Gasteiger charge is -2.02. The molecule has 1 rings (SSSR count). The van der Waals surface area contributed by atoms with Crippen molar-refractivity contribution in [3.8, 4) is 0 Å². The van der Waals surface area contributed by atoms with Crippen LogP contribution in [-0.4, -0.2) is 26.7 Å². The first kappa shape index (κ1) is 9.01. The zero-order valence-corrected chi connectivity index (χ0v) is 7.53. The zero-order valence-electron chi connectivity index (χ0n) is 7.53. The van der Waals surface area contributed by atoms with Crippen LogP contribution in [-0.2, 0) is 0 Å². The highest BCUT2D eigenvalue weighted by molar-refractivity contribution is 4.73. The Labute approximate surface area is 69.8 Å². The molecule has 0 spiro atoms. The van der Waals surface area contributed by atoms with Gasteiger partial charge < -0.3 is 10.6 Å². The van der Waals surface area contributed by atoms with Crippen molar-refractivity contribution in [3.63, 3.8) is 0 Å². The van der Waals surface area contributed by atoms with E-state index in [1.807, 2.05) is 7.05 Å². The van der Waals surface area contributed by atoms with E-state index < -0.39 is 0 Å². The quantitative estimate of drug-likeness (QED) is 0.537. The molecule has 0 heterocycles. The van der Waals surface area contributed by atoms with Crippen molar-refractivity contribution >= 4 is 0 Å². The van der Waals surface area contributed by atoms with E-state index >= 15 is 0 Å². The first-order valence-corrected chi connectivity index (χ1v) is 4.79. The second kappa shape index (κ2) is 5.56. The molecule has 0 radical (unpaired) electrons. The maximum absolute atomic E-state index is 3.45. The van der Waals surface area contributed by atoms with Crippen molar-refractivity contribution in [1.29, 1.82) is 0 Å². The molecule has 2 nitrogen and oxygen atoms in total. The van der Waals surface area contributed by atoms with Crippen molar-refractivity contribution in [3.05, 3.63) is 0 Å². The first-order valence-electron chi connectivity index (χ1n) is 4.79. The highest BCUT2D eigenvalue weighted by atomic mass is 14.9. The summed E-state index contributed by atoms with van der Waals surface area (Å²) in [5, 5.41) is 6.59. The van der Waals surface area contributed by atoms with Crippen molar-refractivity contribution in [1.82, 2.24) is 10.6 Å². The molecule has 0 aromatic rings. The smallest absolute Gasteiger partial charge is 0.00368 e. The van der Waals surface area contributed by atoms with E-state index in [-0.39, 0.29) is 0 Å². The summed E-state index contributed by atoms with van der Waals surface area (Å²) in [6.07, 6.45) is 5.62. The Morgan fingerprint density at radius 3 is 2.64 bits per heavy atom. The predicted octanol–water partition coefficient (Wildman–Crippen LogP) is 0.986. The number of hydrogen-bond acceptors (Lipinski definition) is 2. The summed E-state index contributed by atoms with van der Waals surface area (Å²) in [5.74, 6) is 1.08. The minimum atomic E-state index is 1.08. The lowest BCUT2D eigenvalue weighted by Crippen LogP contribution is -2.20. The molecule has 1 aliphatic rings. The van der Waals surface area contributed by atoms with E-state index in [4.69, 9.17) is 0 Å². The highest BCUT2D eigenvalue weighted by Crippen LogP contribution is 2.31. The van der Waals surface area contributed by atoms with Crippen LogP contribution in [0.4, 0.5) is 0 Å². The van der Waals surface area contributed by atoms with Gasteiger partial charge in [0, 0.05) is 0 Å². The van der Waals surface area contributed by atoms with Gasteiger partial charge >= 0.3 is 0 Å². The summed E-state index contributed by atoms with van der Waals surface area (Å²) in [6.45, 7) is 3.54. The van der Waals surface area contributed by atoms with Crippen LogP contribution in [0.15, 0.2) is 0 Å². The molecule has 0 aliphatic heterocycles. The largest absolute Gasteiger partial charge is 0.320 e. The predicted molar refractivity (Wildman–Crippen MR) is 48.8 cm³/mol. The van der Waals surface area contributed by atoms with Crippen LogP contribution < -0.4 is 10.6 Å². The number of rotatable bonds is 7. The third kappa shape index (κ3) is 5.22. The van der Waals surface area contributed by atoms with Gasteiger partial charge in [0.1, 0.15) is 0 Å². The Bertz CT molecular complexity index is 89.6. The molecule has 0 aromatic heterocycles. The van der Waals surface area contributed by atoms with Crippen molar-refractivity contribution in [2.75, 3.05) is 26.7 Å². The van der Waals surface area contributed by atoms with E-state index in [0.717, 1.165) is 12.5 Å². The summed E-state index contributed by atoms with van der Waals surface area (Å²) in [7, 11) is 2.00. The highest BCUT2D eigenvalue weighted by Gasteiger charge is 2.19. The average Bonchev–Trinajstić information content (AvgIpc) is 2.80. The summed E-state index contributed by atoms with van der Waals surface area (Å²) < 4.78 is 0. The monoisotopic (exact) mass is 156 g/mol. The van der Waals surface area contributed by atoms with Crippen LogP contribution in [0.25, 0.3) is 0 Å². The molecular weight excluding hydrogens is 136 g/mol. The average molecular weight is 156 g/mol. The second-order valence-electron chi connectivity index (χ2n) is 3.44. The summed E-state index contributed by atoms with van der Waals surface area (Å²) in [6, 6.07) is 0. The Morgan fingerprint density at radius 2 is 2.00 bits per heavy atom. The topological polar surface area (TPSA) is 24.1 Å². The fourth-order valence-corrected chi connectivity index (χ4v) is 1.23. The Balaban J connectivity index is 1.66. The van der Waals surface area contributed by atoms with Gasteiger partial charge in [-0.3, -0.25) is 0 Å². The maximum atomic E-state index is 3.45. The molecule has 2 N–H and O–H groups in total. The van der Waals surface area contributed by atoms with E-state index in [1.165, 1.54) is 38.8 Å². The molecular formula is C9H20N2. The molecule has 11 heavy (non-hydrogen) atoms. The molecule has 1 aliphatic carbocycles. The standard InChI is InChI=1S/C9H20N2/c1-10-6-2-7-11-8-5-9-3-4-9/h9-11H,2-8H2,1H3. The van der Waals surface area contributed by atoms with Crippen LogP contribution in [0, 0.1) is 5.92 Å². The van der Waals surface area contributed by atoms with Crippen LogP contribution in [0.1, 0.15) is 25.7 Å². The van der Waals surface area contributed by atoms with E-state index in [2.05, 4.69) is 10.6 Å². The van der Waals surface area contributed by atoms with Crippen molar-refractivity contribution < 1.29 is 0 Å². The summed E-state index contributed by atoms with van der Waals surface area (Å²) >= 11 is 0. The molecule has 2 heteroatoms. The van der Waals surface area contributed by atoms with Crippen LogP contribution in [0.2, 0.25) is 0 Å². The molecule has 0 amide bonds. The normalized spacial score (nSPS) is 17.2. The van der Waals surface area contributed by atoms with Gasteiger partial charge in [-0.15, -0.1) is 0 Å². The van der Waals surface area contributed by atoms with Crippen LogP contribution in [0.3, 0.4) is 0 Å². The minimum Gasteiger partial charge on any atom is -0.320 e. The minimum absolute atomic E-state index is 1.08. The van der Waals surface area contributed by atoms with Gasteiger partial charge in [-0.2, -0.15) is 0 Å². The molecule has 0 saturated heterocycles. The van der Waals surface area contributed by atoms with Gasteiger partial charge in [0.2, 0.25) is 0 Å². The Hall–Kier alpha value is -0.0800. The lowest BCUT2D eigenvalue weighted by molar-refractivity contribution is 0.585. The van der Waals surface area contributed by atoms with Gasteiger partial charge in [-0.1, -0.05) is 12.8 Å². The molecule has 0 bridgehead atoms. The van der Waals surface area contributed by atoms with Crippen LogP contribution in [0.5, 0.6) is 0 Å². The van der Waals surface area contributed by atoms with Gasteiger partial charge in [0.05, 0.1) is 0 Å². The van der Waals surface area contributed by atoms with Gasteiger partial charge in [-0.25, -0.2) is 0 Å².